The van der Waals surface area contributed by atoms with E-state index >= 15 is 0 Å². The molecule has 2 aromatic rings. The van der Waals surface area contributed by atoms with Crippen molar-refractivity contribution < 1.29 is 4.74 Å². The van der Waals surface area contributed by atoms with Gasteiger partial charge in [0.25, 0.3) is 0 Å². The SMILES string of the molecule is Cc1nn(C)c(C)c1Oc1ccc(N)cc1. The minimum atomic E-state index is 0.729. The first-order chi connectivity index (χ1) is 7.58. The van der Waals surface area contributed by atoms with E-state index < -0.39 is 0 Å². The van der Waals surface area contributed by atoms with Gasteiger partial charge in [-0.2, -0.15) is 5.10 Å². The lowest BCUT2D eigenvalue weighted by Crippen LogP contribution is -1.93. The van der Waals surface area contributed by atoms with E-state index in [1.54, 1.807) is 0 Å². The van der Waals surface area contributed by atoms with Crippen molar-refractivity contribution in [2.45, 2.75) is 13.8 Å². The van der Waals surface area contributed by atoms with Crippen LogP contribution in [0.15, 0.2) is 24.3 Å². The van der Waals surface area contributed by atoms with Gasteiger partial charge in [-0.1, -0.05) is 0 Å². The maximum absolute atomic E-state index is 5.78. The number of nitrogens with zero attached hydrogens (tertiary/aromatic N) is 2. The van der Waals surface area contributed by atoms with Crippen LogP contribution in [-0.4, -0.2) is 9.78 Å². The molecule has 0 unspecified atom stereocenters. The predicted octanol–water partition coefficient (Wildman–Crippen LogP) is 2.41. The van der Waals surface area contributed by atoms with E-state index in [-0.39, 0.29) is 0 Å². The number of nitrogens with two attached hydrogens (primary N) is 1. The summed E-state index contributed by atoms with van der Waals surface area (Å²) in [6.45, 7) is 3.91. The fourth-order valence-corrected chi connectivity index (χ4v) is 1.56. The summed E-state index contributed by atoms with van der Waals surface area (Å²) in [5.74, 6) is 1.58. The van der Waals surface area contributed by atoms with Gasteiger partial charge in [0.1, 0.15) is 11.4 Å². The summed E-state index contributed by atoms with van der Waals surface area (Å²) in [4.78, 5) is 0. The molecule has 0 spiro atoms. The third kappa shape index (κ3) is 1.86. The fourth-order valence-electron chi connectivity index (χ4n) is 1.56. The molecule has 2 rings (SSSR count). The van der Waals surface area contributed by atoms with Crippen LogP contribution in [0.3, 0.4) is 0 Å². The number of aryl methyl sites for hydroxylation is 2. The first-order valence-electron chi connectivity index (χ1n) is 5.11. The average Bonchev–Trinajstić information content (AvgIpc) is 2.48. The molecule has 2 N–H and O–H groups in total. The molecule has 4 heteroatoms. The van der Waals surface area contributed by atoms with E-state index in [1.165, 1.54) is 0 Å². The van der Waals surface area contributed by atoms with Gasteiger partial charge in [0, 0.05) is 12.7 Å². The van der Waals surface area contributed by atoms with E-state index in [4.69, 9.17) is 10.5 Å². The highest BCUT2D eigenvalue weighted by Gasteiger charge is 2.11. The average molecular weight is 217 g/mol. The minimum Gasteiger partial charge on any atom is -0.453 e. The maximum atomic E-state index is 5.78. The van der Waals surface area contributed by atoms with Crippen molar-refractivity contribution >= 4 is 5.69 Å². The van der Waals surface area contributed by atoms with Gasteiger partial charge in [0.2, 0.25) is 0 Å². The molecule has 0 atom stereocenters. The Morgan fingerprint density at radius 2 is 1.81 bits per heavy atom. The normalized spacial score (nSPS) is 10.4. The molecule has 0 fully saturated rings. The van der Waals surface area contributed by atoms with Gasteiger partial charge in [0.05, 0.1) is 5.69 Å². The van der Waals surface area contributed by atoms with E-state index in [0.29, 0.717) is 0 Å². The van der Waals surface area contributed by atoms with E-state index in [0.717, 1.165) is 28.6 Å². The lowest BCUT2D eigenvalue weighted by molar-refractivity contribution is 0.474. The molecule has 16 heavy (non-hydrogen) atoms. The summed E-state index contributed by atoms with van der Waals surface area (Å²) in [7, 11) is 1.90. The number of hydrogen-bond acceptors (Lipinski definition) is 3. The van der Waals surface area contributed by atoms with Crippen molar-refractivity contribution in [1.82, 2.24) is 9.78 Å². The Morgan fingerprint density at radius 3 is 2.31 bits per heavy atom. The second-order valence-corrected chi connectivity index (χ2v) is 3.79. The van der Waals surface area contributed by atoms with Crippen LogP contribution in [0.5, 0.6) is 11.5 Å². The highest BCUT2D eigenvalue weighted by Crippen LogP contribution is 2.28. The summed E-state index contributed by atoms with van der Waals surface area (Å²) < 4.78 is 7.58. The van der Waals surface area contributed by atoms with E-state index in [9.17, 15) is 0 Å². The van der Waals surface area contributed by atoms with Crippen molar-refractivity contribution in [1.29, 1.82) is 0 Å². The maximum Gasteiger partial charge on any atom is 0.171 e. The van der Waals surface area contributed by atoms with Crippen molar-refractivity contribution in [3.05, 3.63) is 35.7 Å². The quantitative estimate of drug-likeness (QED) is 0.786. The van der Waals surface area contributed by atoms with Gasteiger partial charge < -0.3 is 10.5 Å². The number of ether oxygens (including phenoxy) is 1. The zero-order valence-electron chi connectivity index (χ0n) is 9.69. The van der Waals surface area contributed by atoms with E-state index in [2.05, 4.69) is 5.10 Å². The summed E-state index contributed by atoms with van der Waals surface area (Å²) in [6.07, 6.45) is 0. The smallest absolute Gasteiger partial charge is 0.171 e. The third-order valence-corrected chi connectivity index (χ3v) is 2.54. The molecule has 1 aromatic heterocycles. The lowest BCUT2D eigenvalue weighted by Gasteiger charge is -2.05. The summed E-state index contributed by atoms with van der Waals surface area (Å²) in [6, 6.07) is 7.33. The van der Waals surface area contributed by atoms with Crippen LogP contribution < -0.4 is 10.5 Å². The molecule has 1 heterocycles. The standard InChI is InChI=1S/C12H15N3O/c1-8-12(9(2)15(3)14-8)16-11-6-4-10(13)5-7-11/h4-7H,13H2,1-3H3. The monoisotopic (exact) mass is 217 g/mol. The van der Waals surface area contributed by atoms with Crippen molar-refractivity contribution in [2.24, 2.45) is 7.05 Å². The first-order valence-corrected chi connectivity index (χ1v) is 5.11. The van der Waals surface area contributed by atoms with Crippen molar-refractivity contribution in [2.75, 3.05) is 5.73 Å². The Labute approximate surface area is 94.6 Å². The molecule has 0 aliphatic heterocycles. The van der Waals surface area contributed by atoms with Crippen LogP contribution in [0.25, 0.3) is 0 Å². The van der Waals surface area contributed by atoms with E-state index in [1.807, 2.05) is 49.8 Å². The van der Waals surface area contributed by atoms with Crippen LogP contribution in [0.4, 0.5) is 5.69 Å². The van der Waals surface area contributed by atoms with Crippen LogP contribution in [0, 0.1) is 13.8 Å². The Hall–Kier alpha value is -1.97. The summed E-state index contributed by atoms with van der Waals surface area (Å²) >= 11 is 0. The van der Waals surface area contributed by atoms with Gasteiger partial charge in [-0.3, -0.25) is 4.68 Å². The highest BCUT2D eigenvalue weighted by molar-refractivity contribution is 5.44. The molecule has 0 bridgehead atoms. The Balaban J connectivity index is 2.30. The second-order valence-electron chi connectivity index (χ2n) is 3.79. The molecular weight excluding hydrogens is 202 g/mol. The molecule has 0 saturated heterocycles. The lowest BCUT2D eigenvalue weighted by atomic mass is 10.3. The topological polar surface area (TPSA) is 53.1 Å². The Bertz CT molecular complexity index is 500. The predicted molar refractivity (Wildman–Crippen MR) is 63.6 cm³/mol. The Kier molecular flexibility index (Phi) is 2.56. The number of nitrogen functional groups attached to an aromatic ring is 1. The number of hydrogen-bond donors (Lipinski definition) is 1. The van der Waals surface area contributed by atoms with Gasteiger partial charge in [0.15, 0.2) is 5.75 Å². The third-order valence-electron chi connectivity index (χ3n) is 2.54. The van der Waals surface area contributed by atoms with Crippen molar-refractivity contribution in [3.8, 4) is 11.5 Å². The second kappa shape index (κ2) is 3.89. The molecule has 4 nitrogen and oxygen atoms in total. The van der Waals surface area contributed by atoms with Gasteiger partial charge in [-0.05, 0) is 38.1 Å². The molecular formula is C12H15N3O. The zero-order valence-corrected chi connectivity index (χ0v) is 9.69. The fraction of sp³-hybridized carbons (Fsp3) is 0.250. The van der Waals surface area contributed by atoms with Gasteiger partial charge in [-0.25, -0.2) is 0 Å². The summed E-state index contributed by atoms with van der Waals surface area (Å²) in [5.41, 5.74) is 8.24. The van der Waals surface area contributed by atoms with Crippen LogP contribution >= 0.6 is 0 Å². The molecule has 0 radical (unpaired) electrons. The van der Waals surface area contributed by atoms with Gasteiger partial charge in [-0.15, -0.1) is 0 Å². The molecule has 1 aromatic carbocycles. The molecule has 0 aliphatic rings. The largest absolute Gasteiger partial charge is 0.453 e. The number of aromatic nitrogens is 2. The molecule has 0 saturated carbocycles. The van der Waals surface area contributed by atoms with Gasteiger partial charge >= 0.3 is 0 Å². The minimum absolute atomic E-state index is 0.729. The van der Waals surface area contributed by atoms with Crippen LogP contribution in [0.1, 0.15) is 11.4 Å². The van der Waals surface area contributed by atoms with Crippen molar-refractivity contribution in [3.63, 3.8) is 0 Å². The van der Waals surface area contributed by atoms with Crippen LogP contribution in [-0.2, 0) is 7.05 Å². The number of benzene rings is 1. The first kappa shape index (κ1) is 10.5. The Morgan fingerprint density at radius 1 is 1.19 bits per heavy atom. The highest BCUT2D eigenvalue weighted by atomic mass is 16.5. The zero-order chi connectivity index (χ0) is 11.7. The molecule has 84 valence electrons. The number of anilines is 1. The number of rotatable bonds is 2. The summed E-state index contributed by atoms with van der Waals surface area (Å²) in [5, 5.41) is 4.29. The molecule has 0 aliphatic carbocycles. The molecule has 0 amide bonds. The van der Waals surface area contributed by atoms with Crippen LogP contribution in [0.2, 0.25) is 0 Å².